The van der Waals surface area contributed by atoms with Crippen molar-refractivity contribution in [2.75, 3.05) is 0 Å². The molecular formula is C8H11ClO4S. The summed E-state index contributed by atoms with van der Waals surface area (Å²) in [4.78, 5) is 11.1. The standard InChI is InChI=1S/C8H11ClO4S/c9-14(12,13)6-3-5-1-2-8(6,4-5)7(10)11/h5-6H,1-4H2,(H,10,11). The van der Waals surface area contributed by atoms with Crippen LogP contribution in [0.5, 0.6) is 0 Å². The van der Waals surface area contributed by atoms with E-state index in [4.69, 9.17) is 15.8 Å². The first-order valence-corrected chi connectivity index (χ1v) is 6.90. The topological polar surface area (TPSA) is 71.4 Å². The van der Waals surface area contributed by atoms with Crippen LogP contribution in [0.15, 0.2) is 0 Å². The van der Waals surface area contributed by atoms with Crippen LogP contribution in [-0.4, -0.2) is 24.7 Å². The fraction of sp³-hybridized carbons (Fsp3) is 0.875. The number of carboxylic acids is 1. The van der Waals surface area contributed by atoms with Crippen LogP contribution in [0.1, 0.15) is 25.7 Å². The summed E-state index contributed by atoms with van der Waals surface area (Å²) in [5.41, 5.74) is -1.09. The minimum Gasteiger partial charge on any atom is -0.481 e. The number of carboxylic acid groups (broad SMARTS) is 1. The van der Waals surface area contributed by atoms with Crippen LogP contribution in [0.3, 0.4) is 0 Å². The molecule has 3 unspecified atom stereocenters. The Morgan fingerprint density at radius 1 is 1.50 bits per heavy atom. The molecule has 0 radical (unpaired) electrons. The van der Waals surface area contributed by atoms with Gasteiger partial charge in [-0.2, -0.15) is 0 Å². The summed E-state index contributed by atoms with van der Waals surface area (Å²) in [7, 11) is 1.53. The monoisotopic (exact) mass is 238 g/mol. The van der Waals surface area contributed by atoms with Crippen molar-refractivity contribution >= 4 is 25.7 Å². The van der Waals surface area contributed by atoms with E-state index in [9.17, 15) is 13.2 Å². The van der Waals surface area contributed by atoms with Crippen LogP contribution < -0.4 is 0 Å². The maximum atomic E-state index is 11.2. The van der Waals surface area contributed by atoms with Crippen molar-refractivity contribution in [2.45, 2.75) is 30.9 Å². The predicted octanol–water partition coefficient (Wildman–Crippen LogP) is 1.20. The lowest BCUT2D eigenvalue weighted by molar-refractivity contribution is -0.148. The zero-order valence-electron chi connectivity index (χ0n) is 7.44. The summed E-state index contributed by atoms with van der Waals surface area (Å²) in [6, 6.07) is 0. The van der Waals surface area contributed by atoms with Crippen LogP contribution in [0, 0.1) is 11.3 Å². The second-order valence-electron chi connectivity index (χ2n) is 4.27. The van der Waals surface area contributed by atoms with E-state index >= 15 is 0 Å². The summed E-state index contributed by atoms with van der Waals surface area (Å²) < 4.78 is 22.5. The van der Waals surface area contributed by atoms with Crippen LogP contribution in [-0.2, 0) is 13.8 Å². The number of hydrogen-bond donors (Lipinski definition) is 1. The van der Waals surface area contributed by atoms with Gasteiger partial charge in [0, 0.05) is 10.7 Å². The lowest BCUT2D eigenvalue weighted by Gasteiger charge is -2.28. The molecule has 0 aliphatic heterocycles. The van der Waals surface area contributed by atoms with Gasteiger partial charge in [0.1, 0.15) is 0 Å². The molecule has 4 nitrogen and oxygen atoms in total. The zero-order valence-corrected chi connectivity index (χ0v) is 9.01. The summed E-state index contributed by atoms with van der Waals surface area (Å²) in [5, 5.41) is 8.22. The molecule has 1 N–H and O–H groups in total. The quantitative estimate of drug-likeness (QED) is 0.734. The number of aliphatic carboxylic acids is 1. The van der Waals surface area contributed by atoms with Crippen molar-refractivity contribution in [3.63, 3.8) is 0 Å². The first kappa shape index (κ1) is 10.2. The van der Waals surface area contributed by atoms with Crippen LogP contribution in [0.2, 0.25) is 0 Å². The maximum Gasteiger partial charge on any atom is 0.311 e. The van der Waals surface area contributed by atoms with E-state index in [1.54, 1.807) is 0 Å². The molecule has 6 heteroatoms. The smallest absolute Gasteiger partial charge is 0.311 e. The highest BCUT2D eigenvalue weighted by atomic mass is 35.7. The minimum atomic E-state index is -3.75. The molecule has 3 atom stereocenters. The van der Waals surface area contributed by atoms with Gasteiger partial charge in [0.25, 0.3) is 0 Å². The van der Waals surface area contributed by atoms with E-state index in [1.165, 1.54) is 0 Å². The lowest BCUT2D eigenvalue weighted by atomic mass is 9.84. The molecule has 2 rings (SSSR count). The molecule has 2 bridgehead atoms. The Hall–Kier alpha value is -0.290. The summed E-state index contributed by atoms with van der Waals surface area (Å²) in [5.74, 6) is -0.781. The molecule has 14 heavy (non-hydrogen) atoms. The molecule has 0 heterocycles. The Labute approximate surface area is 86.7 Å². The molecule has 2 saturated carbocycles. The van der Waals surface area contributed by atoms with Crippen molar-refractivity contribution < 1.29 is 18.3 Å². The fourth-order valence-corrected chi connectivity index (χ4v) is 5.00. The van der Waals surface area contributed by atoms with Crippen molar-refractivity contribution in [3.05, 3.63) is 0 Å². The Morgan fingerprint density at radius 2 is 2.14 bits per heavy atom. The van der Waals surface area contributed by atoms with Gasteiger partial charge in [0.15, 0.2) is 0 Å². The average molecular weight is 239 g/mol. The van der Waals surface area contributed by atoms with Gasteiger partial charge in [-0.05, 0) is 31.6 Å². The summed E-state index contributed by atoms with van der Waals surface area (Å²) in [6.45, 7) is 0. The Balaban J connectivity index is 2.42. The lowest BCUT2D eigenvalue weighted by Crippen LogP contribution is -2.41. The predicted molar refractivity (Wildman–Crippen MR) is 50.6 cm³/mol. The SMILES string of the molecule is O=C(O)C12CCC(CC1S(=O)(=O)Cl)C2. The van der Waals surface area contributed by atoms with Crippen molar-refractivity contribution in [2.24, 2.45) is 11.3 Å². The third-order valence-corrected chi connectivity index (χ3v) is 5.55. The highest BCUT2D eigenvalue weighted by Gasteiger charge is 2.61. The molecule has 0 aromatic heterocycles. The highest BCUT2D eigenvalue weighted by molar-refractivity contribution is 8.14. The Bertz CT molecular complexity index is 377. The van der Waals surface area contributed by atoms with E-state index < -0.39 is 25.7 Å². The number of hydrogen-bond acceptors (Lipinski definition) is 3. The molecule has 0 amide bonds. The van der Waals surface area contributed by atoms with E-state index in [1.807, 2.05) is 0 Å². The number of halogens is 1. The van der Waals surface area contributed by atoms with Gasteiger partial charge < -0.3 is 5.11 Å². The second-order valence-corrected chi connectivity index (χ2v) is 7.08. The van der Waals surface area contributed by atoms with Gasteiger partial charge in [-0.3, -0.25) is 4.79 Å². The Morgan fingerprint density at radius 3 is 2.50 bits per heavy atom. The Kier molecular flexibility index (Phi) is 2.09. The van der Waals surface area contributed by atoms with Gasteiger partial charge in [-0.1, -0.05) is 0 Å². The molecule has 0 aromatic carbocycles. The molecule has 2 aliphatic carbocycles. The summed E-state index contributed by atoms with van der Waals surface area (Å²) in [6.07, 6.45) is 2.15. The van der Waals surface area contributed by atoms with Crippen molar-refractivity contribution in [1.82, 2.24) is 0 Å². The largest absolute Gasteiger partial charge is 0.481 e. The van der Waals surface area contributed by atoms with Gasteiger partial charge in [-0.25, -0.2) is 8.42 Å². The van der Waals surface area contributed by atoms with Gasteiger partial charge in [0.05, 0.1) is 10.7 Å². The molecule has 0 aromatic rings. The van der Waals surface area contributed by atoms with Gasteiger partial charge in [0.2, 0.25) is 9.05 Å². The third kappa shape index (κ3) is 1.26. The van der Waals surface area contributed by atoms with E-state index in [2.05, 4.69) is 0 Å². The highest BCUT2D eigenvalue weighted by Crippen LogP contribution is 2.57. The van der Waals surface area contributed by atoms with Crippen LogP contribution >= 0.6 is 10.7 Å². The van der Waals surface area contributed by atoms with Gasteiger partial charge >= 0.3 is 5.97 Å². The number of carbonyl (C=O) groups is 1. The average Bonchev–Trinajstić information content (AvgIpc) is 2.59. The zero-order chi connectivity index (χ0) is 10.6. The first-order valence-electron chi connectivity index (χ1n) is 4.53. The minimum absolute atomic E-state index is 0.227. The van der Waals surface area contributed by atoms with Crippen LogP contribution in [0.4, 0.5) is 0 Å². The first-order chi connectivity index (χ1) is 6.36. The summed E-state index contributed by atoms with van der Waals surface area (Å²) >= 11 is 0. The van der Waals surface area contributed by atoms with Crippen LogP contribution in [0.25, 0.3) is 0 Å². The normalized spacial score (nSPS) is 41.5. The second kappa shape index (κ2) is 2.85. The third-order valence-electron chi connectivity index (χ3n) is 3.58. The number of rotatable bonds is 2. The molecule has 2 fully saturated rings. The van der Waals surface area contributed by atoms with Crippen molar-refractivity contribution in [1.29, 1.82) is 0 Å². The van der Waals surface area contributed by atoms with E-state index in [-0.39, 0.29) is 5.92 Å². The number of fused-ring (bicyclic) bond motifs is 2. The van der Waals surface area contributed by atoms with Gasteiger partial charge in [-0.15, -0.1) is 0 Å². The van der Waals surface area contributed by atoms with E-state index in [0.717, 1.165) is 6.42 Å². The van der Waals surface area contributed by atoms with E-state index in [0.29, 0.717) is 19.3 Å². The fourth-order valence-electron chi connectivity index (χ4n) is 2.92. The maximum absolute atomic E-state index is 11.2. The molecule has 2 aliphatic rings. The molecule has 0 spiro atoms. The molecule has 0 saturated heterocycles. The molecule has 80 valence electrons. The molecular weight excluding hydrogens is 228 g/mol. The van der Waals surface area contributed by atoms with Crippen molar-refractivity contribution in [3.8, 4) is 0 Å².